The zero-order chi connectivity index (χ0) is 13.0. The van der Waals surface area contributed by atoms with Crippen molar-refractivity contribution in [3.8, 4) is 0 Å². The minimum absolute atomic E-state index is 0.417. The molecule has 17 heavy (non-hydrogen) atoms. The summed E-state index contributed by atoms with van der Waals surface area (Å²) in [4.78, 5) is 0. The molecule has 1 rings (SSSR count). The highest BCUT2D eigenvalue weighted by Crippen LogP contribution is 2.23. The molecule has 0 aromatic heterocycles. The van der Waals surface area contributed by atoms with E-state index in [9.17, 15) is 0 Å². The number of nitrogens with two attached hydrogens (primary N) is 1. The minimum atomic E-state index is 0.417. The van der Waals surface area contributed by atoms with Crippen molar-refractivity contribution >= 4 is 5.71 Å². The van der Waals surface area contributed by atoms with E-state index in [1.165, 1.54) is 11.1 Å². The van der Waals surface area contributed by atoms with Crippen LogP contribution in [0.2, 0.25) is 0 Å². The van der Waals surface area contributed by atoms with Crippen molar-refractivity contribution in [1.29, 1.82) is 5.41 Å². The van der Waals surface area contributed by atoms with E-state index in [-0.39, 0.29) is 0 Å². The summed E-state index contributed by atoms with van der Waals surface area (Å²) in [5, 5.41) is 8.24. The Labute approximate surface area is 104 Å². The summed E-state index contributed by atoms with van der Waals surface area (Å²) in [5.41, 5.74) is 10.6. The van der Waals surface area contributed by atoms with Gasteiger partial charge in [-0.25, -0.2) is 0 Å². The summed E-state index contributed by atoms with van der Waals surface area (Å²) in [7, 11) is 0. The van der Waals surface area contributed by atoms with E-state index >= 15 is 0 Å². The molecule has 0 saturated carbocycles. The van der Waals surface area contributed by atoms with E-state index in [1.54, 1.807) is 0 Å². The normalized spacial score (nSPS) is 12.0. The molecule has 0 amide bonds. The van der Waals surface area contributed by atoms with Crippen LogP contribution >= 0.6 is 0 Å². The second-order valence-electron chi connectivity index (χ2n) is 4.64. The molecule has 0 saturated heterocycles. The third-order valence-corrected chi connectivity index (χ3v) is 2.99. The van der Waals surface area contributed by atoms with E-state index in [2.05, 4.69) is 32.9 Å². The van der Waals surface area contributed by atoms with Gasteiger partial charge in [0.05, 0.1) is 5.71 Å². The van der Waals surface area contributed by atoms with Gasteiger partial charge in [-0.05, 0) is 30.9 Å². The predicted molar refractivity (Wildman–Crippen MR) is 74.9 cm³/mol. The molecule has 0 aliphatic rings. The molecular weight excluding hydrogens is 208 g/mol. The summed E-state index contributed by atoms with van der Waals surface area (Å²) >= 11 is 0. The maximum absolute atomic E-state index is 8.24. The standard InChI is InChI=1S/C15H22N2/c1-5-12(9-16)15(17)13-7-6-11(4)8-14(13)10(2)3/h5-8,10,17H,9,16H2,1-4H3/b12-5-,17-15?. The van der Waals surface area contributed by atoms with Gasteiger partial charge in [0.15, 0.2) is 0 Å². The van der Waals surface area contributed by atoms with E-state index in [4.69, 9.17) is 11.1 Å². The summed E-state index contributed by atoms with van der Waals surface area (Å²) in [6, 6.07) is 6.25. The molecule has 2 heteroatoms. The quantitative estimate of drug-likeness (QED) is 0.765. The molecule has 0 bridgehead atoms. The van der Waals surface area contributed by atoms with Crippen LogP contribution in [-0.4, -0.2) is 12.3 Å². The van der Waals surface area contributed by atoms with Gasteiger partial charge >= 0.3 is 0 Å². The Kier molecular flexibility index (Phi) is 4.64. The molecule has 0 spiro atoms. The van der Waals surface area contributed by atoms with Crippen molar-refractivity contribution in [1.82, 2.24) is 0 Å². The van der Waals surface area contributed by atoms with Crippen molar-refractivity contribution in [3.63, 3.8) is 0 Å². The number of rotatable bonds is 4. The Hall–Kier alpha value is -1.41. The van der Waals surface area contributed by atoms with Crippen LogP contribution in [0.5, 0.6) is 0 Å². The number of aryl methyl sites for hydroxylation is 1. The van der Waals surface area contributed by atoms with Crippen molar-refractivity contribution in [2.45, 2.75) is 33.6 Å². The number of hydrogen-bond acceptors (Lipinski definition) is 2. The number of hydrogen-bond donors (Lipinski definition) is 2. The van der Waals surface area contributed by atoms with E-state index < -0.39 is 0 Å². The van der Waals surface area contributed by atoms with Gasteiger partial charge in [-0.2, -0.15) is 0 Å². The van der Waals surface area contributed by atoms with Crippen LogP contribution < -0.4 is 5.73 Å². The Bertz CT molecular complexity index is 442. The van der Waals surface area contributed by atoms with E-state index in [0.29, 0.717) is 18.2 Å². The van der Waals surface area contributed by atoms with Crippen LogP contribution in [0.25, 0.3) is 0 Å². The smallest absolute Gasteiger partial charge is 0.0656 e. The highest BCUT2D eigenvalue weighted by atomic mass is 14.6. The molecule has 0 aliphatic carbocycles. The Morgan fingerprint density at radius 1 is 1.41 bits per heavy atom. The number of allylic oxidation sites excluding steroid dienone is 1. The van der Waals surface area contributed by atoms with Gasteiger partial charge in [-0.3, -0.25) is 5.41 Å². The predicted octanol–water partition coefficient (Wildman–Crippen LogP) is 3.39. The van der Waals surface area contributed by atoms with Gasteiger partial charge < -0.3 is 5.73 Å². The molecule has 0 fully saturated rings. The topological polar surface area (TPSA) is 49.9 Å². The monoisotopic (exact) mass is 230 g/mol. The van der Waals surface area contributed by atoms with E-state index in [0.717, 1.165) is 11.1 Å². The largest absolute Gasteiger partial charge is 0.326 e. The third-order valence-electron chi connectivity index (χ3n) is 2.99. The maximum atomic E-state index is 8.24. The average Bonchev–Trinajstić information content (AvgIpc) is 2.30. The molecule has 92 valence electrons. The first-order valence-corrected chi connectivity index (χ1v) is 6.06. The van der Waals surface area contributed by atoms with Crippen LogP contribution in [0.1, 0.15) is 43.4 Å². The van der Waals surface area contributed by atoms with Crippen LogP contribution in [0, 0.1) is 12.3 Å². The van der Waals surface area contributed by atoms with Crippen LogP contribution in [0.15, 0.2) is 29.8 Å². The minimum Gasteiger partial charge on any atom is -0.326 e. The Balaban J connectivity index is 3.26. The van der Waals surface area contributed by atoms with Gasteiger partial charge in [0.25, 0.3) is 0 Å². The van der Waals surface area contributed by atoms with Gasteiger partial charge in [0.1, 0.15) is 0 Å². The molecule has 1 aromatic carbocycles. The molecule has 0 aliphatic heterocycles. The first-order chi connectivity index (χ1) is 8.01. The highest BCUT2D eigenvalue weighted by molar-refractivity contribution is 6.11. The Morgan fingerprint density at radius 2 is 2.06 bits per heavy atom. The second-order valence-corrected chi connectivity index (χ2v) is 4.64. The van der Waals surface area contributed by atoms with Crippen molar-refractivity contribution in [3.05, 3.63) is 46.5 Å². The van der Waals surface area contributed by atoms with Crippen molar-refractivity contribution in [2.75, 3.05) is 6.54 Å². The summed E-state index contributed by atoms with van der Waals surface area (Å²) in [5.74, 6) is 0.418. The number of nitrogens with one attached hydrogen (secondary N) is 1. The highest BCUT2D eigenvalue weighted by Gasteiger charge is 2.13. The van der Waals surface area contributed by atoms with Crippen LogP contribution in [-0.2, 0) is 0 Å². The van der Waals surface area contributed by atoms with Gasteiger partial charge in [0.2, 0.25) is 0 Å². The molecule has 1 aromatic rings. The SMILES string of the molecule is C/C=C(/CN)C(=N)c1ccc(C)cc1C(C)C. The molecule has 2 nitrogen and oxygen atoms in total. The third kappa shape index (κ3) is 3.04. The zero-order valence-corrected chi connectivity index (χ0v) is 11.2. The Morgan fingerprint density at radius 3 is 2.53 bits per heavy atom. The van der Waals surface area contributed by atoms with Crippen LogP contribution in [0.3, 0.4) is 0 Å². The molecule has 0 atom stereocenters. The fraction of sp³-hybridized carbons (Fsp3) is 0.400. The number of benzene rings is 1. The van der Waals surface area contributed by atoms with Crippen molar-refractivity contribution in [2.24, 2.45) is 5.73 Å². The fourth-order valence-electron chi connectivity index (χ4n) is 1.92. The van der Waals surface area contributed by atoms with Gasteiger partial charge in [-0.15, -0.1) is 0 Å². The first kappa shape index (κ1) is 13.7. The van der Waals surface area contributed by atoms with Gasteiger partial charge in [-0.1, -0.05) is 43.7 Å². The summed E-state index contributed by atoms with van der Waals surface area (Å²) in [6.07, 6.45) is 1.92. The molecule has 3 N–H and O–H groups in total. The van der Waals surface area contributed by atoms with Crippen LogP contribution in [0.4, 0.5) is 0 Å². The molecule has 0 heterocycles. The maximum Gasteiger partial charge on any atom is 0.0656 e. The van der Waals surface area contributed by atoms with Crippen molar-refractivity contribution < 1.29 is 0 Å². The zero-order valence-electron chi connectivity index (χ0n) is 11.2. The lowest BCUT2D eigenvalue weighted by molar-refractivity contribution is 0.861. The van der Waals surface area contributed by atoms with Gasteiger partial charge in [0, 0.05) is 12.1 Å². The summed E-state index contributed by atoms with van der Waals surface area (Å²) < 4.78 is 0. The molecule has 0 radical (unpaired) electrons. The average molecular weight is 230 g/mol. The summed E-state index contributed by atoms with van der Waals surface area (Å²) in [6.45, 7) is 8.74. The molecule has 0 unspecified atom stereocenters. The lowest BCUT2D eigenvalue weighted by Crippen LogP contribution is -2.15. The lowest BCUT2D eigenvalue weighted by Gasteiger charge is -2.16. The fourth-order valence-corrected chi connectivity index (χ4v) is 1.92. The lowest BCUT2D eigenvalue weighted by atomic mass is 9.90. The van der Waals surface area contributed by atoms with E-state index in [1.807, 2.05) is 19.1 Å². The first-order valence-electron chi connectivity index (χ1n) is 6.06. The second kappa shape index (κ2) is 5.78. The molecular formula is C15H22N2.